The molecule has 1 fully saturated rings. The lowest BCUT2D eigenvalue weighted by molar-refractivity contribution is 0.272. The summed E-state index contributed by atoms with van der Waals surface area (Å²) in [6.07, 6.45) is 1.46. The third kappa shape index (κ3) is 3.47. The molecule has 1 heterocycles. The van der Waals surface area contributed by atoms with Crippen LogP contribution in [-0.4, -0.2) is 32.4 Å². The Bertz CT molecular complexity index is 624. The second-order valence-electron chi connectivity index (χ2n) is 4.93. The predicted molar refractivity (Wildman–Crippen MR) is 72.2 cm³/mol. The summed E-state index contributed by atoms with van der Waals surface area (Å²) < 4.78 is 66.9. The van der Waals surface area contributed by atoms with Gasteiger partial charge in [0.05, 0.1) is 5.69 Å². The average molecular weight is 323 g/mol. The second kappa shape index (κ2) is 6.20. The summed E-state index contributed by atoms with van der Waals surface area (Å²) in [5.74, 6) is -4.62. The molecule has 0 amide bonds. The van der Waals surface area contributed by atoms with Crippen LogP contribution in [0.5, 0.6) is 0 Å². The highest BCUT2D eigenvalue weighted by molar-refractivity contribution is 7.90. The quantitative estimate of drug-likeness (QED) is 0.823. The van der Waals surface area contributed by atoms with Gasteiger partial charge in [0.15, 0.2) is 17.5 Å². The molecule has 1 aromatic rings. The first kappa shape index (κ1) is 16.1. The van der Waals surface area contributed by atoms with E-state index in [4.69, 9.17) is 5.73 Å². The molecule has 1 aromatic carbocycles. The Morgan fingerprint density at radius 3 is 2.67 bits per heavy atom. The molecule has 21 heavy (non-hydrogen) atoms. The normalized spacial score (nSPS) is 20.5. The molecule has 0 saturated carbocycles. The summed E-state index contributed by atoms with van der Waals surface area (Å²) in [5, 5.41) is 0. The van der Waals surface area contributed by atoms with E-state index in [0.717, 1.165) is 16.8 Å². The van der Waals surface area contributed by atoms with Gasteiger partial charge in [0.25, 0.3) is 0 Å². The van der Waals surface area contributed by atoms with Crippen LogP contribution in [0.25, 0.3) is 0 Å². The van der Waals surface area contributed by atoms with Crippen molar-refractivity contribution in [1.29, 1.82) is 0 Å². The Morgan fingerprint density at radius 1 is 1.29 bits per heavy atom. The topological polar surface area (TPSA) is 75.4 Å². The maximum Gasteiger partial charge on any atom is 0.301 e. The number of hydrogen-bond acceptors (Lipinski definition) is 3. The lowest BCUT2D eigenvalue weighted by atomic mass is 10.0. The van der Waals surface area contributed by atoms with E-state index >= 15 is 0 Å². The molecule has 0 aromatic heterocycles. The fourth-order valence-electron chi connectivity index (χ4n) is 2.25. The Labute approximate surface area is 121 Å². The van der Waals surface area contributed by atoms with Crippen molar-refractivity contribution in [3.63, 3.8) is 0 Å². The minimum Gasteiger partial charge on any atom is -0.330 e. The van der Waals surface area contributed by atoms with Gasteiger partial charge >= 0.3 is 10.2 Å². The Hall–Kier alpha value is -1.32. The highest BCUT2D eigenvalue weighted by Gasteiger charge is 2.29. The van der Waals surface area contributed by atoms with Crippen LogP contribution in [0.1, 0.15) is 12.8 Å². The van der Waals surface area contributed by atoms with Crippen LogP contribution < -0.4 is 10.5 Å². The number of halogens is 3. The first-order chi connectivity index (χ1) is 9.85. The minimum absolute atomic E-state index is 0.0325. The molecule has 0 radical (unpaired) electrons. The predicted octanol–water partition coefficient (Wildman–Crippen LogP) is 1.43. The van der Waals surface area contributed by atoms with Gasteiger partial charge in [0.2, 0.25) is 0 Å². The first-order valence-electron chi connectivity index (χ1n) is 6.46. The summed E-state index contributed by atoms with van der Waals surface area (Å²) in [5.41, 5.74) is 4.91. The summed E-state index contributed by atoms with van der Waals surface area (Å²) in [7, 11) is -4.03. The summed E-state index contributed by atoms with van der Waals surface area (Å²) >= 11 is 0. The number of nitrogens with zero attached hydrogens (tertiary/aromatic N) is 1. The van der Waals surface area contributed by atoms with Gasteiger partial charge in [-0.05, 0) is 37.4 Å². The van der Waals surface area contributed by atoms with E-state index in [-0.39, 0.29) is 19.0 Å². The molecule has 1 atom stereocenters. The van der Waals surface area contributed by atoms with Gasteiger partial charge in [-0.3, -0.25) is 4.72 Å². The standard InChI is InChI=1S/C12H16F3N3O2S/c13-9-3-4-10(12(15)11(9)14)17-21(19,20)18-5-1-2-8(6-16)7-18/h3-4,8,17H,1-2,5-7,16H2. The van der Waals surface area contributed by atoms with E-state index in [1.807, 2.05) is 4.72 Å². The second-order valence-corrected chi connectivity index (χ2v) is 6.60. The molecule has 118 valence electrons. The van der Waals surface area contributed by atoms with Gasteiger partial charge < -0.3 is 5.73 Å². The minimum atomic E-state index is -4.03. The number of nitrogens with one attached hydrogen (secondary N) is 1. The molecule has 2 rings (SSSR count). The van der Waals surface area contributed by atoms with Gasteiger partial charge in [-0.1, -0.05) is 0 Å². The smallest absolute Gasteiger partial charge is 0.301 e. The first-order valence-corrected chi connectivity index (χ1v) is 7.90. The van der Waals surface area contributed by atoms with Crippen LogP contribution in [-0.2, 0) is 10.2 Å². The maximum absolute atomic E-state index is 13.5. The van der Waals surface area contributed by atoms with E-state index in [1.165, 1.54) is 0 Å². The van der Waals surface area contributed by atoms with Crippen molar-refractivity contribution in [2.24, 2.45) is 11.7 Å². The number of piperidine rings is 1. The zero-order chi connectivity index (χ0) is 15.6. The summed E-state index contributed by atoms with van der Waals surface area (Å²) in [6, 6.07) is 1.50. The highest BCUT2D eigenvalue weighted by atomic mass is 32.2. The van der Waals surface area contributed by atoms with Crippen molar-refractivity contribution >= 4 is 15.9 Å². The molecule has 5 nitrogen and oxygen atoms in total. The van der Waals surface area contributed by atoms with Crippen molar-refractivity contribution in [3.05, 3.63) is 29.6 Å². The zero-order valence-corrected chi connectivity index (χ0v) is 12.0. The van der Waals surface area contributed by atoms with Gasteiger partial charge in [-0.15, -0.1) is 0 Å². The molecule has 1 aliphatic rings. The molecule has 1 saturated heterocycles. The van der Waals surface area contributed by atoms with Crippen molar-refractivity contribution in [1.82, 2.24) is 4.31 Å². The molecule has 3 N–H and O–H groups in total. The van der Waals surface area contributed by atoms with Crippen LogP contribution >= 0.6 is 0 Å². The van der Waals surface area contributed by atoms with Crippen molar-refractivity contribution in [2.45, 2.75) is 12.8 Å². The molecule has 9 heteroatoms. The van der Waals surface area contributed by atoms with Gasteiger partial charge in [-0.2, -0.15) is 12.7 Å². The monoisotopic (exact) mass is 323 g/mol. The van der Waals surface area contributed by atoms with Crippen molar-refractivity contribution in [3.8, 4) is 0 Å². The number of rotatable bonds is 4. The van der Waals surface area contributed by atoms with Crippen molar-refractivity contribution < 1.29 is 21.6 Å². The third-order valence-corrected chi connectivity index (χ3v) is 4.92. The Morgan fingerprint density at radius 2 is 2.00 bits per heavy atom. The zero-order valence-electron chi connectivity index (χ0n) is 11.2. The summed E-state index contributed by atoms with van der Waals surface area (Å²) in [4.78, 5) is 0. The van der Waals surface area contributed by atoms with E-state index in [1.54, 1.807) is 0 Å². The number of benzene rings is 1. The fraction of sp³-hybridized carbons (Fsp3) is 0.500. The van der Waals surface area contributed by atoms with Gasteiger partial charge in [-0.25, -0.2) is 13.2 Å². The fourth-order valence-corrected chi connectivity index (χ4v) is 3.59. The van der Waals surface area contributed by atoms with E-state index in [0.29, 0.717) is 19.0 Å². The van der Waals surface area contributed by atoms with Crippen LogP contribution in [0.2, 0.25) is 0 Å². The summed E-state index contributed by atoms with van der Waals surface area (Å²) in [6.45, 7) is 0.847. The van der Waals surface area contributed by atoms with Gasteiger partial charge in [0.1, 0.15) is 0 Å². The number of anilines is 1. The molecular formula is C12H16F3N3O2S. The van der Waals surface area contributed by atoms with E-state index in [9.17, 15) is 21.6 Å². The SMILES string of the molecule is NCC1CCCN(S(=O)(=O)Nc2ccc(F)c(F)c2F)C1. The van der Waals surface area contributed by atoms with Gasteiger partial charge in [0, 0.05) is 13.1 Å². The molecular weight excluding hydrogens is 307 g/mol. The highest BCUT2D eigenvalue weighted by Crippen LogP contribution is 2.23. The van der Waals surface area contributed by atoms with E-state index < -0.39 is 33.3 Å². The molecule has 0 spiro atoms. The van der Waals surface area contributed by atoms with Crippen LogP contribution in [0.4, 0.5) is 18.9 Å². The largest absolute Gasteiger partial charge is 0.330 e. The van der Waals surface area contributed by atoms with Crippen LogP contribution in [0, 0.1) is 23.4 Å². The molecule has 1 aliphatic heterocycles. The maximum atomic E-state index is 13.5. The van der Waals surface area contributed by atoms with E-state index in [2.05, 4.69) is 0 Å². The van der Waals surface area contributed by atoms with Crippen LogP contribution in [0.3, 0.4) is 0 Å². The average Bonchev–Trinajstić information content (AvgIpc) is 2.48. The molecule has 0 bridgehead atoms. The molecule has 1 unspecified atom stereocenters. The number of hydrogen-bond donors (Lipinski definition) is 2. The van der Waals surface area contributed by atoms with Crippen LogP contribution in [0.15, 0.2) is 12.1 Å². The lowest BCUT2D eigenvalue weighted by Crippen LogP contribution is -2.44. The molecule has 0 aliphatic carbocycles. The Kier molecular flexibility index (Phi) is 4.74. The van der Waals surface area contributed by atoms with Crippen molar-refractivity contribution in [2.75, 3.05) is 24.4 Å². The number of nitrogens with two attached hydrogens (primary N) is 1. The lowest BCUT2D eigenvalue weighted by Gasteiger charge is -2.31. The third-order valence-electron chi connectivity index (χ3n) is 3.43. The Balaban J connectivity index is 2.20.